The monoisotopic (exact) mass is 175 g/mol. The lowest BCUT2D eigenvalue weighted by atomic mass is 10.00. The summed E-state index contributed by atoms with van der Waals surface area (Å²) in [6.45, 7) is 4.35. The Kier molecular flexibility index (Phi) is 6.34. The van der Waals surface area contributed by atoms with E-state index in [4.69, 9.17) is 9.47 Å². The summed E-state index contributed by atoms with van der Waals surface area (Å²) in [6.07, 6.45) is 0.852. The predicted molar refractivity (Wildman–Crippen MR) is 50.1 cm³/mol. The molecule has 3 nitrogen and oxygen atoms in total. The van der Waals surface area contributed by atoms with Crippen LogP contribution in [0, 0.1) is 5.92 Å². The largest absolute Gasteiger partial charge is 0.356 e. The van der Waals surface area contributed by atoms with E-state index in [0.717, 1.165) is 6.42 Å². The quantitative estimate of drug-likeness (QED) is 0.616. The number of rotatable bonds is 6. The fourth-order valence-electron chi connectivity index (χ4n) is 1.08. The van der Waals surface area contributed by atoms with Gasteiger partial charge in [-0.15, -0.1) is 0 Å². The van der Waals surface area contributed by atoms with Gasteiger partial charge in [0.05, 0.1) is 0 Å². The Morgan fingerprint density at radius 3 is 2.00 bits per heavy atom. The van der Waals surface area contributed by atoms with Crippen LogP contribution in [0.2, 0.25) is 0 Å². The maximum Gasteiger partial charge on any atom is 0.157 e. The van der Waals surface area contributed by atoms with E-state index in [9.17, 15) is 0 Å². The first-order valence-electron chi connectivity index (χ1n) is 4.38. The van der Waals surface area contributed by atoms with Gasteiger partial charge in [0, 0.05) is 26.7 Å². The van der Waals surface area contributed by atoms with Gasteiger partial charge in [-0.25, -0.2) is 0 Å². The van der Waals surface area contributed by atoms with Gasteiger partial charge in [-0.1, -0.05) is 6.92 Å². The molecule has 2 atom stereocenters. The Labute approximate surface area is 75.4 Å². The van der Waals surface area contributed by atoms with Gasteiger partial charge in [-0.05, 0) is 19.9 Å². The summed E-state index contributed by atoms with van der Waals surface area (Å²) >= 11 is 0. The minimum absolute atomic E-state index is 0.0733. The highest BCUT2D eigenvalue weighted by molar-refractivity contribution is 4.67. The van der Waals surface area contributed by atoms with Crippen molar-refractivity contribution in [1.29, 1.82) is 0 Å². The fourth-order valence-corrected chi connectivity index (χ4v) is 1.08. The minimum atomic E-state index is -0.0733. The summed E-state index contributed by atoms with van der Waals surface area (Å²) in [5.41, 5.74) is 0. The number of nitrogens with one attached hydrogen (secondary N) is 1. The van der Waals surface area contributed by atoms with E-state index in [1.54, 1.807) is 14.2 Å². The van der Waals surface area contributed by atoms with Crippen molar-refractivity contribution in [2.45, 2.75) is 32.6 Å². The van der Waals surface area contributed by atoms with E-state index in [0.29, 0.717) is 12.0 Å². The standard InChI is InChI=1S/C9H21NO2/c1-7(8(2)10-3)6-9(11-4)12-5/h7-10H,6H2,1-5H3. The molecule has 0 aliphatic carbocycles. The molecule has 0 aromatic rings. The molecule has 0 saturated heterocycles. The summed E-state index contributed by atoms with van der Waals surface area (Å²) in [7, 11) is 5.31. The van der Waals surface area contributed by atoms with E-state index < -0.39 is 0 Å². The van der Waals surface area contributed by atoms with Crippen molar-refractivity contribution < 1.29 is 9.47 Å². The third-order valence-corrected chi connectivity index (χ3v) is 2.40. The molecule has 0 saturated carbocycles. The van der Waals surface area contributed by atoms with Crippen molar-refractivity contribution in [3.8, 4) is 0 Å². The van der Waals surface area contributed by atoms with Gasteiger partial charge in [0.25, 0.3) is 0 Å². The lowest BCUT2D eigenvalue weighted by Gasteiger charge is -2.23. The topological polar surface area (TPSA) is 30.5 Å². The van der Waals surface area contributed by atoms with Crippen molar-refractivity contribution in [2.24, 2.45) is 5.92 Å². The third-order valence-electron chi connectivity index (χ3n) is 2.40. The van der Waals surface area contributed by atoms with Crippen LogP contribution in [0.5, 0.6) is 0 Å². The first kappa shape index (κ1) is 11.9. The normalized spacial score (nSPS) is 16.5. The molecule has 0 amide bonds. The van der Waals surface area contributed by atoms with Crippen molar-refractivity contribution in [1.82, 2.24) is 5.32 Å². The Bertz CT molecular complexity index is 105. The molecule has 0 bridgehead atoms. The maximum atomic E-state index is 5.11. The van der Waals surface area contributed by atoms with Gasteiger partial charge in [-0.2, -0.15) is 0 Å². The molecule has 0 fully saturated rings. The summed E-state index contributed by atoms with van der Waals surface area (Å²) in [5.74, 6) is 0.555. The van der Waals surface area contributed by atoms with Crippen molar-refractivity contribution in [3.05, 3.63) is 0 Å². The van der Waals surface area contributed by atoms with E-state index in [1.165, 1.54) is 0 Å². The Balaban J connectivity index is 3.72. The average molecular weight is 175 g/mol. The van der Waals surface area contributed by atoms with E-state index in [2.05, 4.69) is 19.2 Å². The highest BCUT2D eigenvalue weighted by atomic mass is 16.7. The van der Waals surface area contributed by atoms with Crippen LogP contribution in [0.15, 0.2) is 0 Å². The van der Waals surface area contributed by atoms with Gasteiger partial charge < -0.3 is 14.8 Å². The van der Waals surface area contributed by atoms with Gasteiger partial charge in [0.2, 0.25) is 0 Å². The fraction of sp³-hybridized carbons (Fsp3) is 1.00. The molecule has 0 radical (unpaired) electrons. The van der Waals surface area contributed by atoms with Crippen LogP contribution in [-0.2, 0) is 9.47 Å². The second kappa shape index (κ2) is 6.40. The summed E-state index contributed by atoms with van der Waals surface area (Å²) in [6, 6.07) is 0.498. The van der Waals surface area contributed by atoms with Gasteiger partial charge >= 0.3 is 0 Å². The molecular formula is C9H21NO2. The van der Waals surface area contributed by atoms with E-state index in [1.807, 2.05) is 7.05 Å². The van der Waals surface area contributed by atoms with Crippen LogP contribution in [-0.4, -0.2) is 33.6 Å². The predicted octanol–water partition coefficient (Wildman–Crippen LogP) is 1.24. The smallest absolute Gasteiger partial charge is 0.157 e. The van der Waals surface area contributed by atoms with Crippen LogP contribution < -0.4 is 5.32 Å². The zero-order chi connectivity index (χ0) is 9.56. The lowest BCUT2D eigenvalue weighted by molar-refractivity contribution is -0.114. The van der Waals surface area contributed by atoms with Gasteiger partial charge in [0.1, 0.15) is 0 Å². The van der Waals surface area contributed by atoms with Gasteiger partial charge in [-0.3, -0.25) is 0 Å². The zero-order valence-corrected chi connectivity index (χ0v) is 8.76. The highest BCUT2D eigenvalue weighted by Crippen LogP contribution is 2.12. The second-order valence-corrected chi connectivity index (χ2v) is 3.19. The molecule has 3 heteroatoms. The molecule has 74 valence electrons. The Hall–Kier alpha value is -0.120. The maximum absolute atomic E-state index is 5.11. The molecule has 0 rings (SSSR count). The van der Waals surface area contributed by atoms with Crippen molar-refractivity contribution >= 4 is 0 Å². The van der Waals surface area contributed by atoms with Crippen molar-refractivity contribution in [3.63, 3.8) is 0 Å². The number of methoxy groups -OCH3 is 2. The molecule has 0 heterocycles. The first-order valence-corrected chi connectivity index (χ1v) is 4.38. The van der Waals surface area contributed by atoms with Crippen LogP contribution in [0.3, 0.4) is 0 Å². The average Bonchev–Trinajstić information content (AvgIpc) is 2.12. The van der Waals surface area contributed by atoms with Crippen LogP contribution in [0.25, 0.3) is 0 Å². The number of ether oxygens (including phenoxy) is 2. The molecule has 0 aromatic heterocycles. The first-order chi connectivity index (χ1) is 5.65. The molecule has 0 spiro atoms. The molecular weight excluding hydrogens is 154 g/mol. The minimum Gasteiger partial charge on any atom is -0.356 e. The molecule has 1 N–H and O–H groups in total. The summed E-state index contributed by atoms with van der Waals surface area (Å²) in [4.78, 5) is 0. The Morgan fingerprint density at radius 2 is 1.67 bits per heavy atom. The zero-order valence-electron chi connectivity index (χ0n) is 8.76. The highest BCUT2D eigenvalue weighted by Gasteiger charge is 2.15. The molecule has 0 aromatic carbocycles. The van der Waals surface area contributed by atoms with Crippen LogP contribution in [0.4, 0.5) is 0 Å². The molecule has 0 aliphatic rings. The summed E-state index contributed by atoms with van der Waals surface area (Å²) < 4.78 is 10.2. The molecule has 2 unspecified atom stereocenters. The number of hydrogen-bond acceptors (Lipinski definition) is 3. The molecule has 0 aliphatic heterocycles. The second-order valence-electron chi connectivity index (χ2n) is 3.19. The lowest BCUT2D eigenvalue weighted by Crippen LogP contribution is -2.31. The number of hydrogen-bond donors (Lipinski definition) is 1. The summed E-state index contributed by atoms with van der Waals surface area (Å²) in [5, 5.41) is 3.21. The van der Waals surface area contributed by atoms with Crippen LogP contribution in [0.1, 0.15) is 20.3 Å². The van der Waals surface area contributed by atoms with E-state index in [-0.39, 0.29) is 6.29 Å². The van der Waals surface area contributed by atoms with E-state index >= 15 is 0 Å². The van der Waals surface area contributed by atoms with Gasteiger partial charge in [0.15, 0.2) is 6.29 Å². The van der Waals surface area contributed by atoms with Crippen molar-refractivity contribution in [2.75, 3.05) is 21.3 Å². The SMILES string of the molecule is CNC(C)C(C)CC(OC)OC. The van der Waals surface area contributed by atoms with Crippen LogP contribution >= 0.6 is 0 Å². The molecule has 12 heavy (non-hydrogen) atoms. The third kappa shape index (κ3) is 4.04. The Morgan fingerprint density at radius 1 is 1.17 bits per heavy atom.